The summed E-state index contributed by atoms with van der Waals surface area (Å²) in [7, 11) is -0.445. The van der Waals surface area contributed by atoms with E-state index >= 15 is 0 Å². The highest BCUT2D eigenvalue weighted by molar-refractivity contribution is 7.86. The van der Waals surface area contributed by atoms with Crippen LogP contribution >= 0.6 is 82.8 Å². The number of aldehydes is 1. The van der Waals surface area contributed by atoms with Crippen LogP contribution in [0.25, 0.3) is 0 Å². The topological polar surface area (TPSA) is 390 Å². The lowest BCUT2D eigenvalue weighted by Gasteiger charge is -2.19. The number of rotatable bonds is 19. The van der Waals surface area contributed by atoms with Gasteiger partial charge in [-0.2, -0.15) is 13.2 Å². The zero-order valence-corrected chi connectivity index (χ0v) is 79.8. The minimum Gasteiger partial charge on any atom is -0.495 e. The van der Waals surface area contributed by atoms with E-state index in [2.05, 4.69) is 60.0 Å². The number of nitrogens with one attached hydrogen (secondary N) is 1. The molecule has 666 valence electrons. The molecule has 5 fully saturated rings. The fraction of sp³-hybridized carbons (Fsp3) is 0.558. The minimum absolute atomic E-state index is 0. The molecule has 5 aliphatic rings. The number of nitrogens with two attached hydrogens (primary N) is 2. The Hall–Kier alpha value is -4.67. The molecule has 0 bridgehead atoms. The smallest absolute Gasteiger partial charge is 0.454 e. The molecular formula is C77H117BCl7F3N12O13S5. The van der Waals surface area contributed by atoms with E-state index in [4.69, 9.17) is 103 Å². The second kappa shape index (κ2) is 57.0. The Balaban J connectivity index is 0. The summed E-state index contributed by atoms with van der Waals surface area (Å²) in [5, 5.41) is 35.8. The van der Waals surface area contributed by atoms with Crippen LogP contribution in [-0.2, 0) is 68.0 Å². The van der Waals surface area contributed by atoms with Crippen molar-refractivity contribution in [2.24, 2.45) is 24.1 Å². The lowest BCUT2D eigenvalue weighted by molar-refractivity contribution is 0.111. The summed E-state index contributed by atoms with van der Waals surface area (Å²) in [5.74, 6) is 3.14. The lowest BCUT2D eigenvalue weighted by atomic mass is 9.84. The zero-order chi connectivity index (χ0) is 88.8. The van der Waals surface area contributed by atoms with Crippen molar-refractivity contribution in [3.05, 3.63) is 157 Å². The lowest BCUT2D eigenvalue weighted by Crippen LogP contribution is -2.33. The molecule has 0 aromatic carbocycles. The highest BCUT2D eigenvalue weighted by Gasteiger charge is 2.34. The largest absolute Gasteiger partial charge is 0.495 e. The summed E-state index contributed by atoms with van der Waals surface area (Å²) in [5.41, 5.74) is 13.3. The van der Waals surface area contributed by atoms with Gasteiger partial charge in [-0.05, 0) is 197 Å². The second-order valence-corrected chi connectivity index (χ2v) is 43.1. The van der Waals surface area contributed by atoms with E-state index < -0.39 is 93.3 Å². The van der Waals surface area contributed by atoms with Gasteiger partial charge in [0.05, 0.1) is 110 Å². The summed E-state index contributed by atoms with van der Waals surface area (Å²) in [4.78, 5) is 34.2. The molecule has 5 saturated carbocycles. The minimum atomic E-state index is -1.41. The van der Waals surface area contributed by atoms with Crippen LogP contribution in [-0.4, -0.2) is 167 Å². The number of aliphatic hydroxyl groups is 2. The maximum atomic E-state index is 13.5. The molecular weight excluding hydrogens is 1780 g/mol. The van der Waals surface area contributed by atoms with E-state index in [0.717, 1.165) is 97.6 Å². The number of hydrogen-bond acceptors (Lipinski definition) is 20. The van der Waals surface area contributed by atoms with Crippen molar-refractivity contribution in [3.63, 3.8) is 0 Å². The van der Waals surface area contributed by atoms with Gasteiger partial charge in [-0.3, -0.25) is 29.9 Å². The van der Waals surface area contributed by atoms with Crippen molar-refractivity contribution in [2.45, 2.75) is 239 Å². The average molecular weight is 1900 g/mol. The summed E-state index contributed by atoms with van der Waals surface area (Å²) < 4.78 is 125. The molecule has 6 aromatic rings. The molecule has 5 unspecified atom stereocenters. The molecule has 6 aromatic heterocycles. The fourth-order valence-corrected chi connectivity index (χ4v) is 10.6. The number of carbonyl (C=O) groups is 1. The number of halogens is 10. The van der Waals surface area contributed by atoms with Crippen molar-refractivity contribution < 1.29 is 73.5 Å². The van der Waals surface area contributed by atoms with Gasteiger partial charge in [-0.15, -0.1) is 24.8 Å². The number of pyridine rings is 6. The van der Waals surface area contributed by atoms with E-state index in [1.165, 1.54) is 75.0 Å². The van der Waals surface area contributed by atoms with Crippen LogP contribution in [0.15, 0.2) is 86.8 Å². The number of aliphatic hydroxyl groups excluding tert-OH is 2. The number of alkyl halides is 3. The standard InChI is InChI=1S/C14H22N2O2S.C14H20N2O2S.C13H17FN2OS.C10H12ClFN2OS.C10H14N2O.C6H3ClFNO.C4H11NOS.C3H7BO2.CHCl3.2CH4O.2ClH/c2*1-14(2,3)19(17)16-8-11-7-12(10-5-6-10)15-9-13(11)18-4;1-13(2,3)18(17)16-7-10-6-12(9-4-5-9)15-8-11(10)14;1-10(2,3)16(15)14-5-7-4-9(11)13-6-8(7)12;1-13-10-6-12-9(7-2-3-7)4-8(10)5-11;7-6-1-4(3-10)5(8)2-9-6;1-4(2,3)7(5)6;5-4(6)3-1-2-3;2-1(3)4;2*1-2;;/h7,9-10,16H,5-6,8H2,1-4H3;7-10H,5-6H2,1-4H3;6-9H,4-5H2,1-3H3;4-6H,1-3H3;4,6-7H,2-3,5,11H2,1H3;1-3H;5H2,1-3H3;3,5-6H,1-2H2;1H;2*2H,1H3;2*1H. The normalized spacial score (nSPS) is 15.3. The van der Waals surface area contributed by atoms with Crippen LogP contribution in [0.3, 0.4) is 0 Å². The first-order valence-corrected chi connectivity index (χ1v) is 44.2. The predicted molar refractivity (Wildman–Crippen MR) is 485 cm³/mol. The first-order valence-electron chi connectivity index (χ1n) is 36.5. The Kier molecular flexibility index (Phi) is 55.7. The predicted octanol–water partition coefficient (Wildman–Crippen LogP) is 16.3. The van der Waals surface area contributed by atoms with Crippen LogP contribution in [0, 0.1) is 17.5 Å². The van der Waals surface area contributed by atoms with Crippen molar-refractivity contribution in [1.29, 1.82) is 0 Å². The first kappa shape index (κ1) is 115. The molecule has 9 N–H and O–H groups in total. The Morgan fingerprint density at radius 2 is 0.771 bits per heavy atom. The van der Waals surface area contributed by atoms with Crippen LogP contribution in [0.5, 0.6) is 17.2 Å². The molecule has 0 aliphatic heterocycles. The van der Waals surface area contributed by atoms with E-state index in [9.17, 15) is 39.0 Å². The van der Waals surface area contributed by atoms with Crippen molar-refractivity contribution in [1.82, 2.24) is 34.6 Å². The molecule has 0 radical (unpaired) electrons. The number of methoxy groups -OCH3 is 3. The molecule has 41 heteroatoms. The van der Waals surface area contributed by atoms with E-state index in [0.29, 0.717) is 54.4 Å². The molecule has 0 spiro atoms. The average Bonchev–Trinajstić information content (AvgIpc) is 0.958. The molecule has 0 amide bonds. The maximum absolute atomic E-state index is 13.5. The maximum Gasteiger partial charge on any atom is 0.454 e. The third kappa shape index (κ3) is 47.8. The molecule has 11 rings (SSSR count). The quantitative estimate of drug-likeness (QED) is 0.0130. The third-order valence-electron chi connectivity index (χ3n) is 15.5. The van der Waals surface area contributed by atoms with Crippen molar-refractivity contribution >= 4 is 170 Å². The van der Waals surface area contributed by atoms with Gasteiger partial charge < -0.3 is 40.2 Å². The Morgan fingerprint density at radius 1 is 0.483 bits per heavy atom. The third-order valence-corrected chi connectivity index (χ3v) is 22.7. The van der Waals surface area contributed by atoms with Gasteiger partial charge in [-0.25, -0.2) is 48.9 Å². The van der Waals surface area contributed by atoms with E-state index in [1.54, 1.807) is 73.0 Å². The summed E-state index contributed by atoms with van der Waals surface area (Å²) in [6.07, 6.45) is 24.6. The Labute approximate surface area is 745 Å². The second-order valence-electron chi connectivity index (χ2n) is 30.7. The Bertz CT molecular complexity index is 4220. The van der Waals surface area contributed by atoms with Gasteiger partial charge in [0.2, 0.25) is 0 Å². The number of hydrogen-bond donors (Lipinski definition) is 7. The number of ether oxygens (including phenoxy) is 3. The fourth-order valence-electron chi connectivity index (χ4n) is 7.98. The number of carbonyl (C=O) groups excluding carboxylic acids is 1. The van der Waals surface area contributed by atoms with Crippen molar-refractivity contribution in [2.75, 3.05) is 35.5 Å². The van der Waals surface area contributed by atoms with Gasteiger partial charge >= 0.3 is 7.12 Å². The summed E-state index contributed by atoms with van der Waals surface area (Å²) in [6.45, 7) is 29.0. The summed E-state index contributed by atoms with van der Waals surface area (Å²) >= 11 is 25.4. The van der Waals surface area contributed by atoms with Gasteiger partial charge in [0, 0.05) is 120 Å². The zero-order valence-electron chi connectivity index (χ0n) is 70.3. The molecule has 5 atom stereocenters. The van der Waals surface area contributed by atoms with Gasteiger partial charge in [-0.1, -0.05) is 70.8 Å². The highest BCUT2D eigenvalue weighted by Crippen LogP contribution is 2.43. The molecule has 6 heterocycles. The monoisotopic (exact) mass is 1890 g/mol. The van der Waals surface area contributed by atoms with E-state index in [-0.39, 0.29) is 66.3 Å². The number of nitrogens with zero attached hydrogens (tertiary/aromatic N) is 9. The van der Waals surface area contributed by atoms with Crippen LogP contribution in [0.4, 0.5) is 13.2 Å². The van der Waals surface area contributed by atoms with Gasteiger partial charge in [0.1, 0.15) is 72.1 Å². The Morgan fingerprint density at radius 3 is 1.06 bits per heavy atom. The van der Waals surface area contributed by atoms with Gasteiger partial charge in [0.25, 0.3) is 0 Å². The first-order chi connectivity index (χ1) is 54.1. The van der Waals surface area contributed by atoms with Crippen LogP contribution in [0.1, 0.15) is 253 Å². The van der Waals surface area contributed by atoms with Crippen LogP contribution in [0.2, 0.25) is 16.1 Å². The molecule has 25 nitrogen and oxygen atoms in total. The SMILES string of the molecule is CC(C)(C)S(=O)N=Cc1cc(C2CC2)ncc1F.CC(C)(C)S(=O)N=Cc1cc(Cl)ncc1F.CC(C)(C)S(N)=O.CO.CO.COc1cnc(C2CC2)cc1C=NS(=O)C(C)(C)C.COc1cnc(C2CC2)cc1CN.COc1cnc(C2CC2)cc1CNS(=O)C(C)(C)C.Cl.Cl.ClC(Cl)Cl.O=Cc1cc(Cl)ncc1F.OB(O)C1CC1. The van der Waals surface area contributed by atoms with E-state index in [1.807, 2.05) is 89.2 Å². The highest BCUT2D eigenvalue weighted by atomic mass is 35.6. The molecule has 0 saturated heterocycles. The molecule has 5 aliphatic carbocycles. The molecule has 118 heavy (non-hydrogen) atoms. The number of aromatic nitrogens is 6. The van der Waals surface area contributed by atoms with Gasteiger partial charge in [0.15, 0.2) is 16.4 Å². The van der Waals surface area contributed by atoms with Crippen molar-refractivity contribution in [3.8, 4) is 17.2 Å². The van der Waals surface area contributed by atoms with Crippen LogP contribution < -0.4 is 29.8 Å². The summed E-state index contributed by atoms with van der Waals surface area (Å²) in [6, 6.07) is 10.3.